The number of benzene rings is 2. The molecule has 1 aliphatic carbocycles. The molecule has 0 saturated heterocycles. The summed E-state index contributed by atoms with van der Waals surface area (Å²) in [7, 11) is -3.94. The number of aliphatic imine (C=N–C) groups is 1. The van der Waals surface area contributed by atoms with E-state index in [0.29, 0.717) is 42.9 Å². The molecule has 0 bridgehead atoms. The summed E-state index contributed by atoms with van der Waals surface area (Å²) in [6, 6.07) is 14.8. The fourth-order valence-electron chi connectivity index (χ4n) is 4.86. The van der Waals surface area contributed by atoms with Gasteiger partial charge in [0.1, 0.15) is 5.69 Å². The van der Waals surface area contributed by atoms with Gasteiger partial charge in [0.05, 0.1) is 16.3 Å². The summed E-state index contributed by atoms with van der Waals surface area (Å²) >= 11 is 0. The first-order valence-corrected chi connectivity index (χ1v) is 13.0. The Kier molecular flexibility index (Phi) is 5.00. The van der Waals surface area contributed by atoms with E-state index in [1.807, 2.05) is 31.3 Å². The standard InChI is InChI=1S/C27H24N4O3S/c1-17-6-8-20(9-7-17)35(33,34)31-16-19-11-13-28-23-14-24(27(32)26(31)25(19)23)29-12-10-18-15-30-22-5-3-2-4-21(18)22/h2-9,14-16,29-30H,10-13H2,1H3. The number of nitrogens with one attached hydrogen (secondary N) is 2. The summed E-state index contributed by atoms with van der Waals surface area (Å²) in [5.74, 6) is -0.332. The number of fused-ring (bicyclic) bond motifs is 1. The van der Waals surface area contributed by atoms with Crippen LogP contribution in [0.5, 0.6) is 0 Å². The molecule has 2 aromatic carbocycles. The third kappa shape index (κ3) is 3.52. The highest BCUT2D eigenvalue weighted by atomic mass is 32.2. The number of rotatable bonds is 6. The molecule has 3 heterocycles. The molecule has 0 fully saturated rings. The first-order valence-electron chi connectivity index (χ1n) is 11.6. The van der Waals surface area contributed by atoms with Crippen LogP contribution in [0.25, 0.3) is 10.9 Å². The first kappa shape index (κ1) is 21.6. The molecule has 0 saturated carbocycles. The van der Waals surface area contributed by atoms with Crippen LogP contribution >= 0.6 is 0 Å². The lowest BCUT2D eigenvalue weighted by molar-refractivity contribution is 0.102. The molecule has 2 aliphatic rings. The highest BCUT2D eigenvalue weighted by molar-refractivity contribution is 7.90. The van der Waals surface area contributed by atoms with Crippen molar-refractivity contribution >= 4 is 32.4 Å². The molecule has 0 unspecified atom stereocenters. The van der Waals surface area contributed by atoms with Crippen molar-refractivity contribution in [3.05, 3.63) is 101 Å². The molecule has 0 amide bonds. The van der Waals surface area contributed by atoms with Crippen molar-refractivity contribution in [2.45, 2.75) is 24.7 Å². The van der Waals surface area contributed by atoms with Gasteiger partial charge in [-0.3, -0.25) is 9.79 Å². The maximum absolute atomic E-state index is 13.6. The summed E-state index contributed by atoms with van der Waals surface area (Å²) in [6.07, 6.45) is 6.65. The van der Waals surface area contributed by atoms with Gasteiger partial charge in [-0.05, 0) is 55.2 Å². The molecule has 0 atom stereocenters. The summed E-state index contributed by atoms with van der Waals surface area (Å²) < 4.78 is 28.2. The molecular weight excluding hydrogens is 460 g/mol. The Morgan fingerprint density at radius 3 is 2.74 bits per heavy atom. The second kappa shape index (κ2) is 8.09. The summed E-state index contributed by atoms with van der Waals surface area (Å²) in [4.78, 5) is 21.6. The Bertz CT molecular complexity index is 1650. The number of H-pyrrole nitrogens is 1. The van der Waals surface area contributed by atoms with Crippen molar-refractivity contribution in [2.24, 2.45) is 4.99 Å². The first-order chi connectivity index (χ1) is 16.9. The van der Waals surface area contributed by atoms with Gasteiger partial charge in [0.15, 0.2) is 0 Å². The molecule has 35 heavy (non-hydrogen) atoms. The molecule has 6 rings (SSSR count). The number of nitrogens with zero attached hydrogens (tertiary/aromatic N) is 2. The third-order valence-corrected chi connectivity index (χ3v) is 8.35. The Labute approximate surface area is 203 Å². The highest BCUT2D eigenvalue weighted by Gasteiger charge is 2.36. The van der Waals surface area contributed by atoms with Crippen LogP contribution in [0.4, 0.5) is 0 Å². The molecule has 0 spiro atoms. The van der Waals surface area contributed by atoms with Crippen molar-refractivity contribution in [1.29, 1.82) is 0 Å². The van der Waals surface area contributed by atoms with Crippen LogP contribution in [0, 0.1) is 6.92 Å². The molecule has 7 nitrogen and oxygen atoms in total. The number of aromatic nitrogens is 2. The van der Waals surface area contributed by atoms with Gasteiger partial charge < -0.3 is 10.3 Å². The largest absolute Gasteiger partial charge is 0.381 e. The van der Waals surface area contributed by atoms with Gasteiger partial charge in [-0.2, -0.15) is 0 Å². The van der Waals surface area contributed by atoms with E-state index in [2.05, 4.69) is 21.4 Å². The van der Waals surface area contributed by atoms with Gasteiger partial charge in [-0.15, -0.1) is 0 Å². The van der Waals surface area contributed by atoms with Crippen molar-refractivity contribution in [1.82, 2.24) is 14.3 Å². The highest BCUT2D eigenvalue weighted by Crippen LogP contribution is 2.32. The molecule has 2 N–H and O–H groups in total. The number of aryl methyl sites for hydroxylation is 1. The number of hydrogen-bond acceptors (Lipinski definition) is 5. The Morgan fingerprint density at radius 1 is 1.11 bits per heavy atom. The van der Waals surface area contributed by atoms with E-state index in [-0.39, 0.29) is 16.4 Å². The quantitative estimate of drug-likeness (QED) is 0.435. The zero-order valence-corrected chi connectivity index (χ0v) is 20.0. The SMILES string of the molecule is Cc1ccc(S(=O)(=O)n2cc3c4c2C(=O)C(NCCc2c[nH]c5ccccc25)=CC4=NCC3)cc1. The zero-order chi connectivity index (χ0) is 24.2. The second-order valence-corrected chi connectivity index (χ2v) is 10.7. The normalized spacial score (nSPS) is 15.1. The van der Waals surface area contributed by atoms with E-state index in [1.165, 1.54) is 0 Å². The van der Waals surface area contributed by atoms with Crippen molar-refractivity contribution in [2.75, 3.05) is 13.1 Å². The van der Waals surface area contributed by atoms with E-state index >= 15 is 0 Å². The number of aromatic amines is 1. The average molecular weight is 485 g/mol. The van der Waals surface area contributed by atoms with Crippen LogP contribution < -0.4 is 5.32 Å². The van der Waals surface area contributed by atoms with Crippen molar-refractivity contribution in [3.63, 3.8) is 0 Å². The van der Waals surface area contributed by atoms with E-state index in [9.17, 15) is 13.2 Å². The minimum Gasteiger partial charge on any atom is -0.381 e. The molecule has 2 aromatic heterocycles. The minimum absolute atomic E-state index is 0.154. The summed E-state index contributed by atoms with van der Waals surface area (Å²) in [5.41, 5.74) is 5.85. The van der Waals surface area contributed by atoms with Crippen LogP contribution in [0.2, 0.25) is 0 Å². The smallest absolute Gasteiger partial charge is 0.268 e. The maximum Gasteiger partial charge on any atom is 0.268 e. The molecule has 176 valence electrons. The second-order valence-electron chi connectivity index (χ2n) is 8.93. The van der Waals surface area contributed by atoms with Crippen LogP contribution in [0.1, 0.15) is 32.7 Å². The van der Waals surface area contributed by atoms with Crippen molar-refractivity contribution < 1.29 is 13.2 Å². The van der Waals surface area contributed by atoms with E-state index in [4.69, 9.17) is 0 Å². The minimum atomic E-state index is -3.94. The molecule has 4 aromatic rings. The average Bonchev–Trinajstić information content (AvgIpc) is 3.46. The van der Waals surface area contributed by atoms with Crippen LogP contribution in [0.3, 0.4) is 0 Å². The lowest BCUT2D eigenvalue weighted by Crippen LogP contribution is -2.31. The Hall–Kier alpha value is -3.91. The molecule has 1 aliphatic heterocycles. The molecular formula is C27H24N4O3S. The van der Waals surface area contributed by atoms with Gasteiger partial charge in [-0.1, -0.05) is 35.9 Å². The van der Waals surface area contributed by atoms with Gasteiger partial charge in [0.2, 0.25) is 5.78 Å². The van der Waals surface area contributed by atoms with Crippen LogP contribution in [-0.2, 0) is 22.9 Å². The van der Waals surface area contributed by atoms with Gasteiger partial charge in [0.25, 0.3) is 10.0 Å². The number of para-hydroxylation sites is 1. The molecule has 8 heteroatoms. The fourth-order valence-corrected chi connectivity index (χ4v) is 6.25. The van der Waals surface area contributed by atoms with Gasteiger partial charge in [0, 0.05) is 41.9 Å². The lowest BCUT2D eigenvalue weighted by atomic mass is 9.92. The van der Waals surface area contributed by atoms with Crippen molar-refractivity contribution in [3.8, 4) is 0 Å². The monoisotopic (exact) mass is 484 g/mol. The van der Waals surface area contributed by atoms with Gasteiger partial charge in [-0.25, -0.2) is 12.4 Å². The Balaban J connectivity index is 1.32. The number of allylic oxidation sites excluding steroid dienone is 2. The zero-order valence-electron chi connectivity index (χ0n) is 19.2. The fraction of sp³-hybridized carbons (Fsp3) is 0.185. The van der Waals surface area contributed by atoms with Crippen LogP contribution in [0.15, 0.2) is 82.6 Å². The lowest BCUT2D eigenvalue weighted by Gasteiger charge is -2.21. The number of carbonyl (C=O) groups excluding carboxylic acids is 1. The number of Topliss-reactive ketones (excluding diaryl/α,β-unsaturated/α-hetero) is 1. The molecule has 0 radical (unpaired) electrons. The van der Waals surface area contributed by atoms with Crippen LogP contribution in [-0.4, -0.2) is 42.0 Å². The Morgan fingerprint density at radius 2 is 1.91 bits per heavy atom. The van der Waals surface area contributed by atoms with E-state index in [0.717, 1.165) is 31.6 Å². The van der Waals surface area contributed by atoms with E-state index in [1.54, 1.807) is 36.5 Å². The van der Waals surface area contributed by atoms with E-state index < -0.39 is 10.0 Å². The van der Waals surface area contributed by atoms with Gasteiger partial charge >= 0.3 is 0 Å². The number of carbonyl (C=O) groups is 1. The predicted octanol–water partition coefficient (Wildman–Crippen LogP) is 3.77. The number of ketones is 1. The summed E-state index contributed by atoms with van der Waals surface area (Å²) in [5, 5.41) is 4.40. The number of hydrogen-bond donors (Lipinski definition) is 2. The third-order valence-electron chi connectivity index (χ3n) is 6.67. The topological polar surface area (TPSA) is 96.3 Å². The predicted molar refractivity (Wildman–Crippen MR) is 136 cm³/mol. The summed E-state index contributed by atoms with van der Waals surface area (Å²) in [6.45, 7) is 2.99. The maximum atomic E-state index is 13.6.